The van der Waals surface area contributed by atoms with E-state index in [0.29, 0.717) is 11.8 Å². The largest absolute Gasteiger partial charge is 0.374 e. The lowest BCUT2D eigenvalue weighted by molar-refractivity contribution is -0.0609. The minimum atomic E-state index is -0.183. The van der Waals surface area contributed by atoms with Gasteiger partial charge in [-0.2, -0.15) is 0 Å². The lowest BCUT2D eigenvalue weighted by Gasteiger charge is -2.37. The number of nitrogens with one attached hydrogen (secondary N) is 1. The second-order valence-corrected chi connectivity index (χ2v) is 5.66. The van der Waals surface area contributed by atoms with Crippen molar-refractivity contribution in [3.8, 4) is 0 Å². The monoisotopic (exact) mass is 262 g/mol. The van der Waals surface area contributed by atoms with Gasteiger partial charge in [0, 0.05) is 6.61 Å². The molecule has 3 heteroatoms. The molecule has 1 aliphatic carbocycles. The molecule has 4 atom stereocenters. The summed E-state index contributed by atoms with van der Waals surface area (Å²) in [5.41, 5.74) is 4.25. The SMILES string of the molecule is CCOC(C)(CC)C(NN)C1CC1c1ccccc1. The molecule has 0 heterocycles. The van der Waals surface area contributed by atoms with E-state index in [0.717, 1.165) is 13.0 Å². The molecule has 1 fully saturated rings. The molecule has 3 nitrogen and oxygen atoms in total. The fraction of sp³-hybridized carbons (Fsp3) is 0.625. The number of hydrogen-bond acceptors (Lipinski definition) is 3. The molecule has 0 spiro atoms. The maximum atomic E-state index is 5.97. The van der Waals surface area contributed by atoms with Crippen molar-refractivity contribution in [2.75, 3.05) is 6.61 Å². The zero-order valence-electron chi connectivity index (χ0n) is 12.2. The van der Waals surface area contributed by atoms with Crippen LogP contribution < -0.4 is 11.3 Å². The first kappa shape index (κ1) is 14.5. The Hall–Kier alpha value is -0.900. The highest BCUT2D eigenvalue weighted by Gasteiger charge is 2.50. The summed E-state index contributed by atoms with van der Waals surface area (Å²) in [6.07, 6.45) is 2.16. The first-order valence-electron chi connectivity index (χ1n) is 7.31. The van der Waals surface area contributed by atoms with Gasteiger partial charge in [0.05, 0.1) is 11.6 Å². The molecular formula is C16H26N2O. The molecule has 106 valence electrons. The minimum Gasteiger partial charge on any atom is -0.374 e. The van der Waals surface area contributed by atoms with Crippen LogP contribution in [0.5, 0.6) is 0 Å². The van der Waals surface area contributed by atoms with Gasteiger partial charge in [-0.15, -0.1) is 0 Å². The molecule has 19 heavy (non-hydrogen) atoms. The normalized spacial score (nSPS) is 26.7. The van der Waals surface area contributed by atoms with Crippen molar-refractivity contribution >= 4 is 0 Å². The zero-order valence-corrected chi connectivity index (χ0v) is 12.2. The molecule has 2 rings (SSSR count). The number of ether oxygens (including phenoxy) is 1. The van der Waals surface area contributed by atoms with E-state index in [4.69, 9.17) is 10.6 Å². The highest BCUT2D eigenvalue weighted by atomic mass is 16.5. The summed E-state index contributed by atoms with van der Waals surface area (Å²) in [6.45, 7) is 7.11. The molecular weight excluding hydrogens is 236 g/mol. The Kier molecular flexibility index (Phi) is 4.61. The second kappa shape index (κ2) is 6.04. The third-order valence-electron chi connectivity index (χ3n) is 4.51. The Bertz CT molecular complexity index is 395. The van der Waals surface area contributed by atoms with Crippen LogP contribution in [-0.2, 0) is 4.74 Å². The summed E-state index contributed by atoms with van der Waals surface area (Å²) in [6, 6.07) is 10.9. The van der Waals surface area contributed by atoms with Crippen molar-refractivity contribution in [1.82, 2.24) is 5.43 Å². The third-order valence-corrected chi connectivity index (χ3v) is 4.51. The van der Waals surface area contributed by atoms with Crippen LogP contribution >= 0.6 is 0 Å². The highest BCUT2D eigenvalue weighted by molar-refractivity contribution is 5.27. The van der Waals surface area contributed by atoms with Gasteiger partial charge in [-0.3, -0.25) is 11.3 Å². The Morgan fingerprint density at radius 1 is 1.37 bits per heavy atom. The Morgan fingerprint density at radius 2 is 2.05 bits per heavy atom. The molecule has 0 bridgehead atoms. The molecule has 0 aliphatic heterocycles. The van der Waals surface area contributed by atoms with Crippen LogP contribution in [-0.4, -0.2) is 18.2 Å². The van der Waals surface area contributed by atoms with Gasteiger partial charge in [0.25, 0.3) is 0 Å². The highest BCUT2D eigenvalue weighted by Crippen LogP contribution is 2.52. The van der Waals surface area contributed by atoms with E-state index in [1.165, 1.54) is 12.0 Å². The Labute approximate surface area is 116 Å². The van der Waals surface area contributed by atoms with Crippen LogP contribution in [0, 0.1) is 5.92 Å². The molecule has 1 aromatic rings. The average Bonchev–Trinajstić information content (AvgIpc) is 3.21. The minimum absolute atomic E-state index is 0.183. The summed E-state index contributed by atoms with van der Waals surface area (Å²) >= 11 is 0. The van der Waals surface area contributed by atoms with Crippen LogP contribution in [0.3, 0.4) is 0 Å². The van der Waals surface area contributed by atoms with Crippen molar-refractivity contribution in [2.45, 2.75) is 51.2 Å². The maximum absolute atomic E-state index is 5.97. The standard InChI is InChI=1S/C16H26N2O/c1-4-16(3,19-5-2)15(18-17)14-11-13(14)12-9-7-6-8-10-12/h6-10,13-15,18H,4-5,11,17H2,1-3H3. The van der Waals surface area contributed by atoms with E-state index >= 15 is 0 Å². The van der Waals surface area contributed by atoms with Crippen LogP contribution in [0.4, 0.5) is 0 Å². The van der Waals surface area contributed by atoms with Crippen molar-refractivity contribution in [2.24, 2.45) is 11.8 Å². The van der Waals surface area contributed by atoms with Gasteiger partial charge in [-0.25, -0.2) is 0 Å². The van der Waals surface area contributed by atoms with Crippen LogP contribution in [0.1, 0.15) is 45.1 Å². The van der Waals surface area contributed by atoms with Gasteiger partial charge in [0.2, 0.25) is 0 Å². The predicted octanol–water partition coefficient (Wildman–Crippen LogP) is 2.83. The van der Waals surface area contributed by atoms with Gasteiger partial charge in [0.15, 0.2) is 0 Å². The number of hydrazine groups is 1. The van der Waals surface area contributed by atoms with Gasteiger partial charge in [-0.1, -0.05) is 37.3 Å². The zero-order chi connectivity index (χ0) is 13.9. The first-order chi connectivity index (χ1) is 9.16. The van der Waals surface area contributed by atoms with E-state index in [1.807, 2.05) is 6.92 Å². The lowest BCUT2D eigenvalue weighted by Crippen LogP contribution is -2.54. The topological polar surface area (TPSA) is 47.3 Å². The van der Waals surface area contributed by atoms with Gasteiger partial charge in [-0.05, 0) is 44.1 Å². The summed E-state index contributed by atoms with van der Waals surface area (Å²) in [7, 11) is 0. The van der Waals surface area contributed by atoms with E-state index in [1.54, 1.807) is 0 Å². The third kappa shape index (κ3) is 2.99. The van der Waals surface area contributed by atoms with Gasteiger partial charge < -0.3 is 4.74 Å². The molecule has 3 N–H and O–H groups in total. The van der Waals surface area contributed by atoms with Crippen LogP contribution in [0.2, 0.25) is 0 Å². The molecule has 1 saturated carbocycles. The van der Waals surface area contributed by atoms with E-state index in [2.05, 4.69) is 49.6 Å². The Morgan fingerprint density at radius 3 is 2.58 bits per heavy atom. The first-order valence-corrected chi connectivity index (χ1v) is 7.31. The molecule has 1 aromatic carbocycles. The molecule has 0 saturated heterocycles. The van der Waals surface area contributed by atoms with Gasteiger partial charge in [0.1, 0.15) is 0 Å². The lowest BCUT2D eigenvalue weighted by atomic mass is 9.88. The number of rotatable bonds is 7. The van der Waals surface area contributed by atoms with Crippen LogP contribution in [0.25, 0.3) is 0 Å². The van der Waals surface area contributed by atoms with E-state index in [9.17, 15) is 0 Å². The molecule has 4 unspecified atom stereocenters. The molecule has 1 aliphatic rings. The fourth-order valence-electron chi connectivity index (χ4n) is 3.16. The van der Waals surface area contributed by atoms with E-state index < -0.39 is 0 Å². The Balaban J connectivity index is 2.08. The summed E-state index contributed by atoms with van der Waals surface area (Å²) < 4.78 is 5.97. The molecule has 0 radical (unpaired) electrons. The maximum Gasteiger partial charge on any atom is 0.0820 e. The number of hydrogen-bond donors (Lipinski definition) is 2. The van der Waals surface area contributed by atoms with Crippen molar-refractivity contribution < 1.29 is 4.74 Å². The summed E-state index contributed by atoms with van der Waals surface area (Å²) in [5.74, 6) is 7.01. The quantitative estimate of drug-likeness (QED) is 0.587. The molecule has 0 amide bonds. The second-order valence-electron chi connectivity index (χ2n) is 5.66. The fourth-order valence-corrected chi connectivity index (χ4v) is 3.16. The van der Waals surface area contributed by atoms with Crippen molar-refractivity contribution in [3.05, 3.63) is 35.9 Å². The van der Waals surface area contributed by atoms with Crippen molar-refractivity contribution in [3.63, 3.8) is 0 Å². The van der Waals surface area contributed by atoms with Crippen molar-refractivity contribution in [1.29, 1.82) is 0 Å². The number of benzene rings is 1. The summed E-state index contributed by atoms with van der Waals surface area (Å²) in [4.78, 5) is 0. The number of nitrogens with two attached hydrogens (primary N) is 1. The molecule has 0 aromatic heterocycles. The predicted molar refractivity (Wildman–Crippen MR) is 78.7 cm³/mol. The van der Waals surface area contributed by atoms with E-state index in [-0.39, 0.29) is 11.6 Å². The van der Waals surface area contributed by atoms with Gasteiger partial charge >= 0.3 is 0 Å². The smallest absolute Gasteiger partial charge is 0.0820 e. The average molecular weight is 262 g/mol. The van der Waals surface area contributed by atoms with Crippen LogP contribution in [0.15, 0.2) is 30.3 Å². The summed E-state index contributed by atoms with van der Waals surface area (Å²) in [5, 5.41) is 0.